The van der Waals surface area contributed by atoms with Crippen LogP contribution in [0.1, 0.15) is 55.1 Å². The van der Waals surface area contributed by atoms with Gasteiger partial charge in [-0.2, -0.15) is 4.31 Å². The van der Waals surface area contributed by atoms with Crippen LogP contribution in [0.3, 0.4) is 0 Å². The quantitative estimate of drug-likeness (QED) is 0.601. The Balaban J connectivity index is 1.77. The predicted octanol–water partition coefficient (Wildman–Crippen LogP) is 3.68. The first kappa shape index (κ1) is 25.2. The van der Waals surface area contributed by atoms with Gasteiger partial charge in [0.1, 0.15) is 5.75 Å². The van der Waals surface area contributed by atoms with Crippen molar-refractivity contribution in [2.75, 3.05) is 33.8 Å². The fourth-order valence-corrected chi connectivity index (χ4v) is 5.46. The summed E-state index contributed by atoms with van der Waals surface area (Å²) in [6.07, 6.45) is 3.51. The van der Waals surface area contributed by atoms with E-state index in [0.29, 0.717) is 12.1 Å². The number of nitrogens with one attached hydrogen (secondary N) is 1. The van der Waals surface area contributed by atoms with Crippen molar-refractivity contribution in [2.24, 2.45) is 0 Å². The van der Waals surface area contributed by atoms with Gasteiger partial charge in [0.2, 0.25) is 10.0 Å². The minimum atomic E-state index is -3.66. The number of hydrogen-bond acceptors (Lipinski definition) is 5. The largest absolute Gasteiger partial charge is 0.497 e. The van der Waals surface area contributed by atoms with E-state index in [1.165, 1.54) is 22.9 Å². The van der Waals surface area contributed by atoms with Gasteiger partial charge in [0, 0.05) is 25.2 Å². The van der Waals surface area contributed by atoms with Crippen molar-refractivity contribution in [3.05, 3.63) is 59.7 Å². The Morgan fingerprint density at radius 3 is 2.36 bits per heavy atom. The second-order valence-corrected chi connectivity index (χ2v) is 10.7. The number of piperidine rings is 1. The molecule has 3 rings (SSSR count). The number of rotatable bonds is 9. The predicted molar refractivity (Wildman–Crippen MR) is 130 cm³/mol. The first-order chi connectivity index (χ1) is 15.7. The topological polar surface area (TPSA) is 78.9 Å². The number of amides is 1. The number of benzene rings is 2. The smallest absolute Gasteiger partial charge is 0.251 e. The second-order valence-electron chi connectivity index (χ2n) is 8.74. The van der Waals surface area contributed by atoms with Crippen LogP contribution in [0.15, 0.2) is 53.4 Å². The third-order valence-corrected chi connectivity index (χ3v) is 8.32. The number of sulfonamides is 1. The third-order valence-electron chi connectivity index (χ3n) is 6.29. The molecular weight excluding hydrogens is 438 g/mol. The Morgan fingerprint density at radius 1 is 1.09 bits per heavy atom. The lowest BCUT2D eigenvalue weighted by Crippen LogP contribution is -2.40. The summed E-state index contributed by atoms with van der Waals surface area (Å²) in [4.78, 5) is 15.5. The maximum atomic E-state index is 13.0. The molecule has 0 spiro atoms. The first-order valence-electron chi connectivity index (χ1n) is 11.5. The lowest BCUT2D eigenvalue weighted by molar-refractivity contribution is 0.0924. The number of carbonyl (C=O) groups is 1. The summed E-state index contributed by atoms with van der Waals surface area (Å²) in [7, 11) is -0.469. The number of carbonyl (C=O) groups excluding carboxylic acids is 1. The van der Waals surface area contributed by atoms with Crippen LogP contribution in [0.5, 0.6) is 5.75 Å². The molecule has 1 aliphatic heterocycles. The molecule has 2 aromatic carbocycles. The maximum Gasteiger partial charge on any atom is 0.251 e. The van der Waals surface area contributed by atoms with E-state index in [4.69, 9.17) is 4.74 Å². The molecule has 8 heteroatoms. The highest BCUT2D eigenvalue weighted by molar-refractivity contribution is 7.89. The van der Waals surface area contributed by atoms with E-state index in [-0.39, 0.29) is 22.9 Å². The maximum absolute atomic E-state index is 13.0. The van der Waals surface area contributed by atoms with Crippen LogP contribution in [0.25, 0.3) is 0 Å². The van der Waals surface area contributed by atoms with Gasteiger partial charge >= 0.3 is 0 Å². The van der Waals surface area contributed by atoms with E-state index in [1.807, 2.05) is 38.1 Å². The molecule has 0 bridgehead atoms. The van der Waals surface area contributed by atoms with E-state index >= 15 is 0 Å². The molecule has 7 nitrogen and oxygen atoms in total. The van der Waals surface area contributed by atoms with Gasteiger partial charge in [-0.1, -0.05) is 24.6 Å². The summed E-state index contributed by atoms with van der Waals surface area (Å²) in [5.41, 5.74) is 1.45. The molecule has 1 atom stereocenters. The molecule has 0 unspecified atom stereocenters. The Bertz CT molecular complexity index is 1030. The molecule has 1 fully saturated rings. The van der Waals surface area contributed by atoms with Crippen molar-refractivity contribution in [3.63, 3.8) is 0 Å². The zero-order chi connectivity index (χ0) is 24.0. The lowest BCUT2D eigenvalue weighted by Gasteiger charge is -2.35. The molecule has 1 N–H and O–H groups in total. The monoisotopic (exact) mass is 473 g/mol. The number of hydrogen-bond donors (Lipinski definition) is 1. The molecule has 180 valence electrons. The molecule has 33 heavy (non-hydrogen) atoms. The molecule has 0 aliphatic carbocycles. The average molecular weight is 474 g/mol. The highest BCUT2D eigenvalue weighted by Crippen LogP contribution is 2.26. The van der Waals surface area contributed by atoms with Gasteiger partial charge in [-0.15, -0.1) is 0 Å². The Kier molecular flexibility index (Phi) is 8.51. The van der Waals surface area contributed by atoms with Crippen LogP contribution in [0.2, 0.25) is 0 Å². The molecule has 1 amide bonds. The van der Waals surface area contributed by atoms with Gasteiger partial charge < -0.3 is 10.1 Å². The number of ether oxygens (including phenoxy) is 1. The average Bonchev–Trinajstić information content (AvgIpc) is 2.84. The van der Waals surface area contributed by atoms with Crippen molar-refractivity contribution in [2.45, 2.75) is 50.1 Å². The first-order valence-corrected chi connectivity index (χ1v) is 12.9. The molecule has 0 saturated carbocycles. The van der Waals surface area contributed by atoms with Crippen molar-refractivity contribution in [1.29, 1.82) is 0 Å². The summed E-state index contributed by atoms with van der Waals surface area (Å²) in [6.45, 7) is 6.04. The summed E-state index contributed by atoms with van der Waals surface area (Å²) in [6, 6.07) is 14.1. The molecule has 1 saturated heterocycles. The van der Waals surface area contributed by atoms with Crippen LogP contribution >= 0.6 is 0 Å². The second kappa shape index (κ2) is 11.1. The highest BCUT2D eigenvalue weighted by atomic mass is 32.2. The van der Waals surface area contributed by atoms with Gasteiger partial charge in [0.05, 0.1) is 18.0 Å². The summed E-state index contributed by atoms with van der Waals surface area (Å²) < 4.78 is 32.3. The van der Waals surface area contributed by atoms with Crippen LogP contribution in [0, 0.1) is 0 Å². The van der Waals surface area contributed by atoms with Crippen molar-refractivity contribution in [1.82, 2.24) is 14.5 Å². The van der Waals surface area contributed by atoms with Crippen LogP contribution in [0.4, 0.5) is 0 Å². The minimum Gasteiger partial charge on any atom is -0.497 e. The molecule has 1 aliphatic rings. The van der Waals surface area contributed by atoms with Crippen molar-refractivity contribution < 1.29 is 17.9 Å². The standard InChI is InChI=1S/C25H35N3O4S/c1-19(2)27(3)33(30,31)23-10-8-9-21(17-23)25(29)26-18-24(28-15-6-5-7-16-28)20-11-13-22(32-4)14-12-20/h8-14,17,19,24H,5-7,15-16,18H2,1-4H3,(H,26,29)/t24-/m0/s1. The molecule has 0 radical (unpaired) electrons. The van der Waals surface area contributed by atoms with Gasteiger partial charge in [-0.05, 0) is 75.7 Å². The zero-order valence-corrected chi connectivity index (χ0v) is 20.8. The number of likely N-dealkylation sites (tertiary alicyclic amines) is 1. The van der Waals surface area contributed by atoms with Gasteiger partial charge in [-0.25, -0.2) is 8.42 Å². The normalized spacial score (nSPS) is 16.1. The Hall–Kier alpha value is -2.42. The fraction of sp³-hybridized carbons (Fsp3) is 0.480. The Labute approximate surface area is 197 Å². The van der Waals surface area contributed by atoms with E-state index in [1.54, 1.807) is 26.3 Å². The number of methoxy groups -OCH3 is 1. The fourth-order valence-electron chi connectivity index (χ4n) is 4.05. The summed E-state index contributed by atoms with van der Waals surface area (Å²) in [5.74, 6) is 0.513. The van der Waals surface area contributed by atoms with E-state index in [2.05, 4.69) is 10.2 Å². The van der Waals surface area contributed by atoms with Gasteiger partial charge in [-0.3, -0.25) is 9.69 Å². The van der Waals surface area contributed by atoms with Crippen molar-refractivity contribution >= 4 is 15.9 Å². The van der Waals surface area contributed by atoms with Crippen LogP contribution < -0.4 is 10.1 Å². The van der Waals surface area contributed by atoms with E-state index in [0.717, 1.165) is 37.2 Å². The molecule has 2 aromatic rings. The zero-order valence-electron chi connectivity index (χ0n) is 20.0. The van der Waals surface area contributed by atoms with E-state index in [9.17, 15) is 13.2 Å². The lowest BCUT2D eigenvalue weighted by atomic mass is 10.0. The summed E-state index contributed by atoms with van der Waals surface area (Å²) >= 11 is 0. The molecule has 1 heterocycles. The third kappa shape index (κ3) is 6.13. The molecule has 0 aromatic heterocycles. The van der Waals surface area contributed by atoms with E-state index < -0.39 is 10.0 Å². The van der Waals surface area contributed by atoms with Crippen LogP contribution in [-0.2, 0) is 10.0 Å². The molecular formula is C25H35N3O4S. The minimum absolute atomic E-state index is 0.0409. The SMILES string of the molecule is COc1ccc([C@H](CNC(=O)c2cccc(S(=O)(=O)N(C)C(C)C)c2)N2CCCCC2)cc1. The van der Waals surface area contributed by atoms with Gasteiger partial charge in [0.15, 0.2) is 0 Å². The Morgan fingerprint density at radius 2 is 1.76 bits per heavy atom. The van der Waals surface area contributed by atoms with Gasteiger partial charge in [0.25, 0.3) is 5.91 Å². The van der Waals surface area contributed by atoms with Crippen molar-refractivity contribution in [3.8, 4) is 5.75 Å². The summed E-state index contributed by atoms with van der Waals surface area (Å²) in [5, 5.41) is 3.03. The highest BCUT2D eigenvalue weighted by Gasteiger charge is 2.25. The van der Waals surface area contributed by atoms with Crippen LogP contribution in [-0.4, -0.2) is 63.4 Å². The number of nitrogens with zero attached hydrogens (tertiary/aromatic N) is 2.